The number of carboxylic acids is 1. The number of benzene rings is 3. The predicted octanol–water partition coefficient (Wildman–Crippen LogP) is 7.34. The number of sulfonamides is 1. The van der Waals surface area contributed by atoms with Gasteiger partial charge in [-0.1, -0.05) is 29.3 Å². The molecule has 7 nitrogen and oxygen atoms in total. The van der Waals surface area contributed by atoms with Crippen molar-refractivity contribution in [1.82, 2.24) is 0 Å². The van der Waals surface area contributed by atoms with E-state index in [1.54, 1.807) is 33.8 Å². The van der Waals surface area contributed by atoms with Gasteiger partial charge in [-0.05, 0) is 112 Å². The number of fused-ring (bicyclic) bond motifs is 1. The molecule has 1 aliphatic rings. The van der Waals surface area contributed by atoms with Crippen LogP contribution in [0, 0.1) is 13.8 Å². The molecule has 0 saturated heterocycles. The number of nitrogens with one attached hydrogen (secondary N) is 1. The SMILES string of the molecule is Cc1cc(NS(=O)(=O)c2cc(Cl)ccc2Cl)c(C)c(C(OC(C)(C)C)C(=O)O)c1-c1ccc2c(c1)CCCO2. The first-order valence-electron chi connectivity index (χ1n) is 12.5. The Morgan fingerprint density at radius 2 is 1.82 bits per heavy atom. The third-order valence-electron chi connectivity index (χ3n) is 6.41. The summed E-state index contributed by atoms with van der Waals surface area (Å²) in [5.41, 5.74) is 3.37. The second kappa shape index (κ2) is 11.0. The highest BCUT2D eigenvalue weighted by atomic mass is 35.5. The lowest BCUT2D eigenvalue weighted by molar-refractivity contribution is -0.160. The van der Waals surface area contributed by atoms with Crippen LogP contribution < -0.4 is 9.46 Å². The van der Waals surface area contributed by atoms with Gasteiger partial charge in [0.05, 0.1) is 22.9 Å². The van der Waals surface area contributed by atoms with Crippen LogP contribution in [0.15, 0.2) is 47.4 Å². The largest absolute Gasteiger partial charge is 0.493 e. The number of aliphatic carboxylic acids is 1. The Morgan fingerprint density at radius 3 is 2.49 bits per heavy atom. The molecule has 39 heavy (non-hydrogen) atoms. The highest BCUT2D eigenvalue weighted by molar-refractivity contribution is 7.92. The van der Waals surface area contributed by atoms with Crippen LogP contribution in [0.25, 0.3) is 11.1 Å². The molecule has 1 unspecified atom stereocenters. The van der Waals surface area contributed by atoms with Crippen molar-refractivity contribution >= 4 is 44.9 Å². The number of carboxylic acid groups (broad SMARTS) is 1. The number of aryl methyl sites for hydroxylation is 2. The average molecular weight is 593 g/mol. The van der Waals surface area contributed by atoms with Crippen molar-refractivity contribution in [3.8, 4) is 16.9 Å². The van der Waals surface area contributed by atoms with E-state index in [1.807, 2.05) is 25.1 Å². The number of halogens is 2. The van der Waals surface area contributed by atoms with Crippen molar-refractivity contribution in [3.05, 3.63) is 74.8 Å². The summed E-state index contributed by atoms with van der Waals surface area (Å²) in [7, 11) is -4.16. The maximum absolute atomic E-state index is 13.4. The van der Waals surface area contributed by atoms with Crippen LogP contribution in [0.1, 0.15) is 55.5 Å². The van der Waals surface area contributed by atoms with E-state index in [-0.39, 0.29) is 20.6 Å². The zero-order valence-electron chi connectivity index (χ0n) is 22.4. The molecule has 0 aromatic heterocycles. The van der Waals surface area contributed by atoms with Gasteiger partial charge in [-0.3, -0.25) is 4.72 Å². The first-order valence-corrected chi connectivity index (χ1v) is 14.7. The minimum Gasteiger partial charge on any atom is -0.493 e. The normalized spacial score (nSPS) is 14.3. The third-order valence-corrected chi connectivity index (χ3v) is 8.50. The van der Waals surface area contributed by atoms with Crippen LogP contribution in [0.2, 0.25) is 10.0 Å². The van der Waals surface area contributed by atoms with E-state index in [2.05, 4.69) is 4.72 Å². The summed E-state index contributed by atoms with van der Waals surface area (Å²) in [5.74, 6) is -0.378. The smallest absolute Gasteiger partial charge is 0.337 e. The Labute approximate surface area is 239 Å². The van der Waals surface area contributed by atoms with E-state index in [1.165, 1.54) is 18.2 Å². The lowest BCUT2D eigenvalue weighted by atomic mass is 9.86. The van der Waals surface area contributed by atoms with Gasteiger partial charge < -0.3 is 14.6 Å². The van der Waals surface area contributed by atoms with Gasteiger partial charge in [0.2, 0.25) is 0 Å². The monoisotopic (exact) mass is 591 g/mol. The van der Waals surface area contributed by atoms with Crippen molar-refractivity contribution in [2.24, 2.45) is 0 Å². The highest BCUT2D eigenvalue weighted by Crippen LogP contribution is 2.42. The Hall–Kier alpha value is -2.78. The van der Waals surface area contributed by atoms with E-state index in [9.17, 15) is 18.3 Å². The molecule has 0 aliphatic carbocycles. The zero-order valence-corrected chi connectivity index (χ0v) is 24.7. The molecule has 0 bridgehead atoms. The van der Waals surface area contributed by atoms with Gasteiger partial charge in [0.25, 0.3) is 10.0 Å². The van der Waals surface area contributed by atoms with Crippen molar-refractivity contribution in [3.63, 3.8) is 0 Å². The maximum Gasteiger partial charge on any atom is 0.337 e. The van der Waals surface area contributed by atoms with Gasteiger partial charge in [-0.15, -0.1) is 0 Å². The molecule has 0 fully saturated rings. The molecule has 3 aromatic carbocycles. The minimum atomic E-state index is -4.16. The molecule has 0 amide bonds. The molecule has 1 atom stereocenters. The molecular formula is C29H31Cl2NO6S. The summed E-state index contributed by atoms with van der Waals surface area (Å²) in [6.07, 6.45) is 0.361. The molecule has 3 aromatic rings. The van der Waals surface area contributed by atoms with E-state index < -0.39 is 27.7 Å². The van der Waals surface area contributed by atoms with Gasteiger partial charge in [0.1, 0.15) is 10.6 Å². The van der Waals surface area contributed by atoms with Crippen LogP contribution >= 0.6 is 23.2 Å². The number of carbonyl (C=O) groups is 1. The third kappa shape index (κ3) is 6.35. The quantitative estimate of drug-likeness (QED) is 0.298. The van der Waals surface area contributed by atoms with E-state index in [0.29, 0.717) is 28.9 Å². The van der Waals surface area contributed by atoms with Crippen LogP contribution in [-0.2, 0) is 26.0 Å². The fraction of sp³-hybridized carbons (Fsp3) is 0.345. The summed E-state index contributed by atoms with van der Waals surface area (Å²) in [5, 5.41) is 10.5. The molecule has 0 saturated carbocycles. The summed E-state index contributed by atoms with van der Waals surface area (Å²) in [6.45, 7) is 9.47. The summed E-state index contributed by atoms with van der Waals surface area (Å²) < 4.78 is 41.2. The highest BCUT2D eigenvalue weighted by Gasteiger charge is 2.33. The van der Waals surface area contributed by atoms with Crippen LogP contribution in [0.3, 0.4) is 0 Å². The number of ether oxygens (including phenoxy) is 2. The molecule has 2 N–H and O–H groups in total. The molecule has 0 spiro atoms. The molecule has 1 heterocycles. The van der Waals surface area contributed by atoms with Crippen molar-refractivity contribution in [2.75, 3.05) is 11.3 Å². The number of hydrogen-bond acceptors (Lipinski definition) is 5. The number of hydrogen-bond donors (Lipinski definition) is 2. The fourth-order valence-corrected chi connectivity index (χ4v) is 6.62. The second-order valence-electron chi connectivity index (χ2n) is 10.6. The van der Waals surface area contributed by atoms with Gasteiger partial charge in [0.15, 0.2) is 6.10 Å². The van der Waals surface area contributed by atoms with Gasteiger partial charge in [-0.25, -0.2) is 13.2 Å². The van der Waals surface area contributed by atoms with Crippen LogP contribution in [0.4, 0.5) is 5.69 Å². The zero-order chi connectivity index (χ0) is 28.7. The summed E-state index contributed by atoms with van der Waals surface area (Å²) >= 11 is 12.2. The molecule has 0 radical (unpaired) electrons. The van der Waals surface area contributed by atoms with E-state index >= 15 is 0 Å². The number of anilines is 1. The van der Waals surface area contributed by atoms with Crippen molar-refractivity contribution in [1.29, 1.82) is 0 Å². The fourth-order valence-electron chi connectivity index (χ4n) is 4.74. The van der Waals surface area contributed by atoms with Crippen molar-refractivity contribution < 1.29 is 27.8 Å². The Balaban J connectivity index is 1.94. The first-order chi connectivity index (χ1) is 18.2. The van der Waals surface area contributed by atoms with E-state index in [0.717, 1.165) is 29.7 Å². The predicted molar refractivity (Wildman–Crippen MR) is 154 cm³/mol. The standard InChI is InChI=1S/C29H31Cl2NO6S/c1-16-13-22(32-39(35,36)24-15-20(30)9-10-21(24)31)17(2)26(27(28(33)34)38-29(3,4)5)25(16)19-8-11-23-18(14-19)7-6-12-37-23/h8-11,13-15,27,32H,6-7,12H2,1-5H3,(H,33,34). The molecule has 208 valence electrons. The van der Waals surface area contributed by atoms with Crippen LogP contribution in [0.5, 0.6) is 5.75 Å². The molecule has 10 heteroatoms. The lowest BCUT2D eigenvalue weighted by Crippen LogP contribution is -2.28. The summed E-state index contributed by atoms with van der Waals surface area (Å²) in [6, 6.07) is 11.6. The lowest BCUT2D eigenvalue weighted by Gasteiger charge is -2.30. The van der Waals surface area contributed by atoms with E-state index in [4.69, 9.17) is 32.7 Å². The van der Waals surface area contributed by atoms with Gasteiger partial charge >= 0.3 is 5.97 Å². The minimum absolute atomic E-state index is 0.00822. The first kappa shape index (κ1) is 29.2. The van der Waals surface area contributed by atoms with Gasteiger partial charge in [-0.2, -0.15) is 0 Å². The number of rotatable bonds is 7. The molecule has 1 aliphatic heterocycles. The van der Waals surface area contributed by atoms with Gasteiger partial charge in [0, 0.05) is 10.6 Å². The average Bonchev–Trinajstić information content (AvgIpc) is 2.85. The topological polar surface area (TPSA) is 102 Å². The Morgan fingerprint density at radius 1 is 1.10 bits per heavy atom. The Kier molecular flexibility index (Phi) is 8.24. The molecule has 4 rings (SSSR count). The Bertz CT molecular complexity index is 1550. The van der Waals surface area contributed by atoms with Crippen molar-refractivity contribution in [2.45, 2.75) is 64.1 Å². The molecular weight excluding hydrogens is 561 g/mol. The second-order valence-corrected chi connectivity index (χ2v) is 13.1. The van der Waals surface area contributed by atoms with Crippen LogP contribution in [-0.4, -0.2) is 31.7 Å². The maximum atomic E-state index is 13.4. The summed E-state index contributed by atoms with van der Waals surface area (Å²) in [4.78, 5) is 12.5.